The first kappa shape index (κ1) is 96.9. The summed E-state index contributed by atoms with van der Waals surface area (Å²) in [7, 11) is -1.45. The van der Waals surface area contributed by atoms with E-state index >= 15 is 0 Å². The van der Waals surface area contributed by atoms with Gasteiger partial charge < -0.3 is 55.0 Å². The molecular formula is C96H130Br2Cl2FN4O10P. The fourth-order valence-electron chi connectivity index (χ4n) is 14.4. The van der Waals surface area contributed by atoms with E-state index in [1.54, 1.807) is 18.2 Å². The minimum Gasteiger partial charge on any atom is -0.508 e. The molecule has 5 saturated carbocycles. The highest BCUT2D eigenvalue weighted by Crippen LogP contribution is 2.34. The number of halogens is 5. The summed E-state index contributed by atoms with van der Waals surface area (Å²) in [6, 6.07) is 71.1. The van der Waals surface area contributed by atoms with Crippen molar-refractivity contribution in [3.63, 3.8) is 0 Å². The zero-order valence-corrected chi connectivity index (χ0v) is 73.6. The van der Waals surface area contributed by atoms with Crippen molar-refractivity contribution >= 4 is 78.9 Å². The van der Waals surface area contributed by atoms with E-state index in [1.165, 1.54) is 176 Å². The Labute approximate surface area is 722 Å². The van der Waals surface area contributed by atoms with E-state index in [0.29, 0.717) is 73.8 Å². The highest BCUT2D eigenvalue weighted by atomic mass is 79.9. The molecule has 8 aromatic carbocycles. The highest BCUT2D eigenvalue weighted by molar-refractivity contribution is 9.10. The van der Waals surface area contributed by atoms with Crippen molar-refractivity contribution in [2.45, 2.75) is 204 Å². The Balaban J connectivity index is 0.000000212. The van der Waals surface area contributed by atoms with Gasteiger partial charge >= 0.3 is 0 Å². The van der Waals surface area contributed by atoms with E-state index < -0.39 is 33.4 Å². The average molecular weight is 1780 g/mol. The van der Waals surface area contributed by atoms with Crippen LogP contribution in [0.5, 0.6) is 28.7 Å². The summed E-state index contributed by atoms with van der Waals surface area (Å²) in [5.74, 6) is 8.41. The Morgan fingerprint density at radius 1 is 0.474 bits per heavy atom. The van der Waals surface area contributed by atoms with Gasteiger partial charge in [0, 0.05) is 32.9 Å². The number of hydrogen-bond donors (Lipinski definition) is 6. The Bertz CT molecular complexity index is 3660. The molecule has 8 aromatic rings. The van der Waals surface area contributed by atoms with Crippen LogP contribution in [0.2, 0.25) is 0 Å². The number of ether oxygens (including phenoxy) is 5. The van der Waals surface area contributed by atoms with Crippen LogP contribution < -0.4 is 40.6 Å². The number of phenols is 1. The van der Waals surface area contributed by atoms with Crippen molar-refractivity contribution in [1.29, 1.82) is 0 Å². The van der Waals surface area contributed by atoms with Gasteiger partial charge in [-0.2, -0.15) is 0 Å². The molecule has 20 heteroatoms. The topological polar surface area (TPSA) is 225 Å². The molecule has 0 aromatic heterocycles. The molecule has 4 atom stereocenters. The molecule has 0 radical (unpaired) electrons. The van der Waals surface area contributed by atoms with Gasteiger partial charge in [-0.25, -0.2) is 0 Å². The molecule has 116 heavy (non-hydrogen) atoms. The predicted octanol–water partition coefficient (Wildman–Crippen LogP) is 22.9. The molecular weight excluding hydrogens is 1650 g/mol. The molecule has 4 unspecified atom stereocenters. The van der Waals surface area contributed by atoms with Gasteiger partial charge in [0.15, 0.2) is 0 Å². The number of hydrogen-bond acceptors (Lipinski definition) is 12. The molecule has 0 bridgehead atoms. The van der Waals surface area contributed by atoms with Crippen LogP contribution in [-0.2, 0) is 24.0 Å². The van der Waals surface area contributed by atoms with Crippen molar-refractivity contribution in [3.05, 3.63) is 248 Å². The first-order valence-corrected chi connectivity index (χ1v) is 46.1. The number of aliphatic hydroxyl groups is 4. The lowest BCUT2D eigenvalue weighted by Gasteiger charge is -2.21. The number of nitrogens with two attached hydrogens (primary N) is 1. The van der Waals surface area contributed by atoms with E-state index in [4.69, 9.17) is 69.7 Å². The van der Waals surface area contributed by atoms with Crippen molar-refractivity contribution in [1.82, 2.24) is 0 Å². The summed E-state index contributed by atoms with van der Waals surface area (Å²) in [4.78, 5) is 2.66. The zero-order chi connectivity index (χ0) is 83.6. The molecule has 0 spiro atoms. The average Bonchev–Trinajstić information content (AvgIpc) is 1.71. The monoisotopic (exact) mass is 1780 g/mol. The lowest BCUT2D eigenvalue weighted by Crippen LogP contribution is -2.22. The lowest BCUT2D eigenvalue weighted by atomic mass is 9.90. The van der Waals surface area contributed by atoms with Crippen LogP contribution >= 0.6 is 63.0 Å². The van der Waals surface area contributed by atoms with Gasteiger partial charge in [0.2, 0.25) is 0 Å². The minimum absolute atomic E-state index is 0.101. The van der Waals surface area contributed by atoms with Gasteiger partial charge in [-0.05, 0) is 232 Å². The summed E-state index contributed by atoms with van der Waals surface area (Å²) in [5, 5.41) is 53.9. The van der Waals surface area contributed by atoms with E-state index in [0.717, 1.165) is 87.6 Å². The van der Waals surface area contributed by atoms with E-state index in [-0.39, 0.29) is 12.4 Å². The molecule has 6 fully saturated rings. The minimum atomic E-state index is -1.00. The van der Waals surface area contributed by atoms with Gasteiger partial charge in [0.05, 0.1) is 78.4 Å². The molecule has 7 N–H and O–H groups in total. The van der Waals surface area contributed by atoms with Gasteiger partial charge in [-0.3, -0.25) is 4.39 Å². The number of epoxide rings is 1. The van der Waals surface area contributed by atoms with Gasteiger partial charge in [0.1, 0.15) is 28.7 Å². The molecule has 0 amide bonds. The van der Waals surface area contributed by atoms with Crippen LogP contribution in [-0.4, -0.2) is 122 Å². The number of rotatable bonds is 27. The Kier molecular flexibility index (Phi) is 51.7. The van der Waals surface area contributed by atoms with Crippen molar-refractivity contribution < 1.29 is 55.0 Å². The number of aliphatic hydroxyl groups excluding tert-OH is 4. The summed E-state index contributed by atoms with van der Waals surface area (Å²) in [5.41, 5.74) is 16.8. The maximum Gasteiger partial charge on any atom is 0.120 e. The maximum absolute atomic E-state index is 9.96. The first-order chi connectivity index (χ1) is 57.2. The second-order valence-corrected chi connectivity index (χ2v) is 35.3. The Morgan fingerprint density at radius 3 is 1.07 bits per heavy atom. The van der Waals surface area contributed by atoms with Gasteiger partial charge in [-0.1, -0.05) is 273 Å². The number of aromatic hydroxyl groups is 1. The van der Waals surface area contributed by atoms with Crippen molar-refractivity contribution in [2.75, 3.05) is 71.6 Å². The fraction of sp³-hybridized carbons (Fsp3) is 0.500. The van der Waals surface area contributed by atoms with Crippen LogP contribution in [0, 0.1) is 29.6 Å². The number of alkyl halides is 3. The quantitative estimate of drug-likeness (QED) is 0.00709. The zero-order valence-electron chi connectivity index (χ0n) is 69.0. The molecule has 1 heterocycles. The van der Waals surface area contributed by atoms with Crippen LogP contribution in [0.4, 0.5) is 4.39 Å². The molecule has 14 rings (SSSR count). The largest absolute Gasteiger partial charge is 0.508 e. The number of phenolic OH excluding ortho intramolecular Hbond substituents is 1. The summed E-state index contributed by atoms with van der Waals surface area (Å²) in [6.45, 7) is 5.01. The Hall–Kier alpha value is -6.27. The first-order valence-electron chi connectivity index (χ1n) is 42.8. The van der Waals surface area contributed by atoms with Crippen LogP contribution in [0.1, 0.15) is 179 Å². The molecule has 5 aliphatic carbocycles. The van der Waals surface area contributed by atoms with E-state index in [2.05, 4.69) is 133 Å². The second-order valence-electron chi connectivity index (χ2n) is 30.7. The second kappa shape index (κ2) is 61.9. The maximum atomic E-state index is 9.96. The molecule has 14 nitrogen and oxygen atoms in total. The highest BCUT2D eigenvalue weighted by Gasteiger charge is 2.22. The molecule has 634 valence electrons. The molecule has 6 aliphatic rings. The summed E-state index contributed by atoms with van der Waals surface area (Å²) in [6.07, 6.45) is 33.8. The third-order valence-corrected chi connectivity index (χ3v) is 25.1. The number of azide groups is 1. The fourth-order valence-corrected chi connectivity index (χ4v) is 17.8. The SMILES string of the molecule is Brc1cccc(OCC2CCCCC2)c1.ClCC1CO1.NCC(O)Cc1cccc(OCC2CCCCC2)c1.OC(CCl)Cc1cccc(OCC2CCCCC2)c1.OCC1CCCCC1.Oc1cccc(Br)c1.[2H]CF.[N-]=[N+]=NCC(O)Cc1cccc(OCC2CCCCC2)c1.c1ccc(P(c2ccccc2)c2ccccc2)cc1. The number of benzene rings is 8. The van der Waals surface area contributed by atoms with Crippen molar-refractivity contribution in [3.8, 4) is 28.7 Å². The predicted molar refractivity (Wildman–Crippen MR) is 487 cm³/mol. The Morgan fingerprint density at radius 2 is 0.793 bits per heavy atom. The van der Waals surface area contributed by atoms with Gasteiger partial charge in [0.25, 0.3) is 0 Å². The van der Waals surface area contributed by atoms with Crippen LogP contribution in [0.3, 0.4) is 0 Å². The standard InChI is InChI=1S/C18H15P.C16H23ClO2.C16H23N3O2.C16H25NO2.C13H17BrO.C7H14O.C6H5BrO.C3H5ClO.CH3F/c1-4-10-16(11-5-1)19(17-12-6-2-7-13-17)18-14-8-3-9-15-18;17-11-15(18)9-14-7-4-8-16(10-14)19-12-13-5-2-1-3-6-13;17-19-18-11-15(20)9-14-7-4-8-16(10-14)21-12-13-5-2-1-3-6-13;17-11-15(18)9-14-7-4-8-16(10-14)19-12-13-5-2-1-3-6-13;14-12-7-4-8-13(9-12)15-10-11-5-2-1-3-6-11;8-6-7-4-2-1-3-5-7;7-5-2-1-3-6(8)4-5;4-1-3-2-5-3;1-2/h1-15H;4,7-8,10,13,15,18H,1-3,5-6,9,11-12H2;4,7-8,10,13,15,20H,1-3,5-6,9,11-12H2;4,7-8,10,13,15,18H,1-3,5-6,9,11-12,17H2;4,7-9,11H,1-3,5-6,10H2;7-8H,1-6H2;1-4,8H;3H,1-2H2;1H3/i;;;;;;;;1D. The van der Waals surface area contributed by atoms with Crippen molar-refractivity contribution in [2.24, 2.45) is 40.4 Å². The normalized spacial score (nSPS) is 17.0. The van der Waals surface area contributed by atoms with Crippen LogP contribution in [0.15, 0.2) is 226 Å². The van der Waals surface area contributed by atoms with E-state index in [9.17, 15) is 19.7 Å². The molecule has 1 aliphatic heterocycles. The third-order valence-electron chi connectivity index (χ3n) is 21.0. The summed E-state index contributed by atoms with van der Waals surface area (Å²) >= 11 is 17.5. The molecule has 1 saturated heterocycles. The van der Waals surface area contributed by atoms with Crippen LogP contribution in [0.25, 0.3) is 10.4 Å². The smallest absolute Gasteiger partial charge is 0.120 e. The van der Waals surface area contributed by atoms with E-state index in [1.807, 2.05) is 103 Å². The summed E-state index contributed by atoms with van der Waals surface area (Å²) < 4.78 is 45.7. The lowest BCUT2D eigenvalue weighted by molar-refractivity contribution is 0.182. The third kappa shape index (κ3) is 44.1. The number of nitrogens with zero attached hydrogens (tertiary/aromatic N) is 3. The van der Waals surface area contributed by atoms with Gasteiger partial charge in [-0.15, -0.1) is 23.2 Å².